The van der Waals surface area contributed by atoms with E-state index in [9.17, 15) is 19.8 Å². The number of hydrogen-bond donors (Lipinski definition) is 3. The van der Waals surface area contributed by atoms with Crippen LogP contribution in [0.4, 0.5) is 5.82 Å². The number of nitrogen functional groups attached to an aromatic ring is 1. The second-order valence-corrected chi connectivity index (χ2v) is 4.63. The third-order valence-electron chi connectivity index (χ3n) is 3.28. The largest absolute Gasteiger partial charge is 0.504 e. The number of aromatic hydroxyl groups is 2. The van der Waals surface area contributed by atoms with Gasteiger partial charge in [-0.05, 0) is 30.2 Å². The predicted molar refractivity (Wildman–Crippen MR) is 74.8 cm³/mol. The van der Waals surface area contributed by atoms with E-state index in [4.69, 9.17) is 5.73 Å². The number of benzene rings is 1. The van der Waals surface area contributed by atoms with Crippen molar-refractivity contribution >= 4 is 5.82 Å². The molecule has 0 spiro atoms. The van der Waals surface area contributed by atoms with E-state index >= 15 is 0 Å². The van der Waals surface area contributed by atoms with Gasteiger partial charge in [-0.1, -0.05) is 0 Å². The molecule has 0 bridgehead atoms. The molecule has 0 aliphatic carbocycles. The van der Waals surface area contributed by atoms with Crippen LogP contribution >= 0.6 is 0 Å². The monoisotopic (exact) mass is 277 g/mol. The highest BCUT2D eigenvalue weighted by Gasteiger charge is 2.17. The molecular weight excluding hydrogens is 262 g/mol. The summed E-state index contributed by atoms with van der Waals surface area (Å²) in [7, 11) is 2.80. The van der Waals surface area contributed by atoms with Gasteiger partial charge in [0, 0.05) is 14.1 Å². The van der Waals surface area contributed by atoms with Gasteiger partial charge in [-0.3, -0.25) is 13.9 Å². The van der Waals surface area contributed by atoms with Gasteiger partial charge in [0.1, 0.15) is 5.82 Å². The fourth-order valence-corrected chi connectivity index (χ4v) is 2.04. The number of phenols is 2. The number of rotatable bonds is 1. The molecule has 20 heavy (non-hydrogen) atoms. The number of anilines is 1. The van der Waals surface area contributed by atoms with Gasteiger partial charge in [-0.25, -0.2) is 4.79 Å². The van der Waals surface area contributed by atoms with E-state index in [1.165, 1.54) is 26.2 Å². The highest BCUT2D eigenvalue weighted by molar-refractivity contribution is 5.76. The molecule has 0 atom stereocenters. The third kappa shape index (κ3) is 1.83. The van der Waals surface area contributed by atoms with E-state index in [1.54, 1.807) is 6.92 Å². The van der Waals surface area contributed by atoms with Gasteiger partial charge in [-0.2, -0.15) is 0 Å². The van der Waals surface area contributed by atoms with Crippen molar-refractivity contribution in [2.24, 2.45) is 14.1 Å². The first-order valence-corrected chi connectivity index (χ1v) is 5.84. The Balaban J connectivity index is 2.91. The van der Waals surface area contributed by atoms with Crippen LogP contribution in [0.3, 0.4) is 0 Å². The van der Waals surface area contributed by atoms with Crippen molar-refractivity contribution < 1.29 is 10.2 Å². The summed E-state index contributed by atoms with van der Waals surface area (Å²) in [4.78, 5) is 23.9. The molecule has 0 radical (unpaired) electrons. The minimum absolute atomic E-state index is 0.00240. The van der Waals surface area contributed by atoms with Crippen LogP contribution < -0.4 is 17.0 Å². The van der Waals surface area contributed by atoms with Crippen LogP contribution in [-0.2, 0) is 14.1 Å². The van der Waals surface area contributed by atoms with Gasteiger partial charge >= 0.3 is 5.69 Å². The van der Waals surface area contributed by atoms with Gasteiger partial charge in [0.05, 0.1) is 5.56 Å². The summed E-state index contributed by atoms with van der Waals surface area (Å²) in [6, 6.07) is 2.76. The zero-order valence-corrected chi connectivity index (χ0v) is 11.3. The van der Waals surface area contributed by atoms with Crippen molar-refractivity contribution in [1.82, 2.24) is 9.13 Å². The maximum Gasteiger partial charge on any atom is 0.332 e. The molecule has 1 aromatic carbocycles. The molecule has 0 amide bonds. The van der Waals surface area contributed by atoms with E-state index < -0.39 is 11.2 Å². The van der Waals surface area contributed by atoms with E-state index in [2.05, 4.69) is 0 Å². The zero-order valence-electron chi connectivity index (χ0n) is 11.3. The van der Waals surface area contributed by atoms with Crippen molar-refractivity contribution in [3.8, 4) is 22.6 Å². The molecule has 106 valence electrons. The highest BCUT2D eigenvalue weighted by Crippen LogP contribution is 2.34. The standard InChI is InChI=1S/C13H15N3O4/c1-6-4-7(5-8(17)10(6)18)9-11(14)15(2)13(20)16(3)12(9)19/h4-5,17-18H,14H2,1-3H3. The Hall–Kier alpha value is -2.70. The Morgan fingerprint density at radius 2 is 1.70 bits per heavy atom. The van der Waals surface area contributed by atoms with E-state index in [1.807, 2.05) is 0 Å². The van der Waals surface area contributed by atoms with Crippen LogP contribution in [0.15, 0.2) is 21.7 Å². The van der Waals surface area contributed by atoms with E-state index in [0.717, 1.165) is 9.13 Å². The predicted octanol–water partition coefficient (Wildman–Crippen LogP) is 0.0528. The highest BCUT2D eigenvalue weighted by atomic mass is 16.3. The fraction of sp³-hybridized carbons (Fsp3) is 0.231. The molecule has 1 heterocycles. The third-order valence-corrected chi connectivity index (χ3v) is 3.28. The number of nitrogens with zero attached hydrogens (tertiary/aromatic N) is 2. The van der Waals surface area contributed by atoms with Crippen molar-refractivity contribution in [3.05, 3.63) is 38.5 Å². The lowest BCUT2D eigenvalue weighted by molar-refractivity contribution is 0.401. The first-order valence-electron chi connectivity index (χ1n) is 5.84. The summed E-state index contributed by atoms with van der Waals surface area (Å²) in [6.45, 7) is 1.58. The van der Waals surface area contributed by atoms with Crippen LogP contribution in [-0.4, -0.2) is 19.3 Å². The molecule has 0 saturated carbocycles. The maximum atomic E-state index is 12.2. The molecule has 2 aromatic rings. The normalized spacial score (nSPS) is 10.8. The molecule has 1 aromatic heterocycles. The molecule has 0 saturated heterocycles. The number of phenolic OH excluding ortho intramolecular Hbond substituents is 2. The molecule has 2 rings (SSSR count). The number of hydrogen-bond acceptors (Lipinski definition) is 5. The summed E-state index contributed by atoms with van der Waals surface area (Å²) in [5.41, 5.74) is 5.58. The van der Waals surface area contributed by atoms with Gasteiger partial charge in [0.25, 0.3) is 5.56 Å². The molecule has 0 fully saturated rings. The van der Waals surface area contributed by atoms with Crippen LogP contribution in [0.2, 0.25) is 0 Å². The Bertz CT molecular complexity index is 795. The number of aromatic nitrogens is 2. The number of nitrogens with two attached hydrogens (primary N) is 1. The Morgan fingerprint density at radius 3 is 2.25 bits per heavy atom. The second kappa shape index (κ2) is 4.44. The van der Waals surface area contributed by atoms with Gasteiger partial charge < -0.3 is 15.9 Å². The fourth-order valence-electron chi connectivity index (χ4n) is 2.04. The Kier molecular flexibility index (Phi) is 3.05. The molecule has 0 aliphatic heterocycles. The van der Waals surface area contributed by atoms with Crippen molar-refractivity contribution in [2.75, 3.05) is 5.73 Å². The number of aryl methyl sites for hydroxylation is 1. The molecule has 0 aliphatic rings. The van der Waals surface area contributed by atoms with Gasteiger partial charge in [0.2, 0.25) is 0 Å². The van der Waals surface area contributed by atoms with Crippen LogP contribution in [0, 0.1) is 6.92 Å². The van der Waals surface area contributed by atoms with Crippen LogP contribution in [0.5, 0.6) is 11.5 Å². The second-order valence-electron chi connectivity index (χ2n) is 4.63. The Labute approximate surface area is 114 Å². The van der Waals surface area contributed by atoms with E-state index in [-0.39, 0.29) is 22.9 Å². The summed E-state index contributed by atoms with van der Waals surface area (Å²) >= 11 is 0. The SMILES string of the molecule is Cc1cc(-c2c(N)n(C)c(=O)n(C)c2=O)cc(O)c1O. The smallest absolute Gasteiger partial charge is 0.332 e. The van der Waals surface area contributed by atoms with Crippen molar-refractivity contribution in [1.29, 1.82) is 0 Å². The maximum absolute atomic E-state index is 12.2. The van der Waals surface area contributed by atoms with Gasteiger partial charge in [-0.15, -0.1) is 0 Å². The lowest BCUT2D eigenvalue weighted by atomic mass is 10.0. The van der Waals surface area contributed by atoms with Crippen molar-refractivity contribution in [2.45, 2.75) is 6.92 Å². The average molecular weight is 277 g/mol. The summed E-state index contributed by atoms with van der Waals surface area (Å²) in [6.07, 6.45) is 0. The summed E-state index contributed by atoms with van der Waals surface area (Å²) in [5.74, 6) is -0.605. The average Bonchev–Trinajstić information content (AvgIpc) is 2.40. The first kappa shape index (κ1) is 13.7. The molecule has 7 nitrogen and oxygen atoms in total. The lowest BCUT2D eigenvalue weighted by Crippen LogP contribution is -2.39. The first-order chi connectivity index (χ1) is 9.25. The molecular formula is C13H15N3O4. The Morgan fingerprint density at radius 1 is 1.10 bits per heavy atom. The van der Waals surface area contributed by atoms with Crippen molar-refractivity contribution in [3.63, 3.8) is 0 Å². The molecule has 4 N–H and O–H groups in total. The minimum atomic E-state index is -0.560. The summed E-state index contributed by atoms with van der Waals surface area (Å²) in [5, 5.41) is 19.2. The minimum Gasteiger partial charge on any atom is -0.504 e. The van der Waals surface area contributed by atoms with E-state index in [0.29, 0.717) is 11.1 Å². The zero-order chi connectivity index (χ0) is 15.2. The van der Waals surface area contributed by atoms with Crippen LogP contribution in [0.1, 0.15) is 5.56 Å². The molecule has 0 unspecified atom stereocenters. The lowest BCUT2D eigenvalue weighted by Gasteiger charge is -2.13. The van der Waals surface area contributed by atoms with Gasteiger partial charge in [0.15, 0.2) is 11.5 Å². The topological polar surface area (TPSA) is 110 Å². The quantitative estimate of drug-likeness (QED) is 0.638. The summed E-state index contributed by atoms with van der Waals surface area (Å²) < 4.78 is 2.08. The van der Waals surface area contributed by atoms with Crippen LogP contribution in [0.25, 0.3) is 11.1 Å². The molecule has 7 heteroatoms.